The van der Waals surface area contributed by atoms with Gasteiger partial charge in [0.2, 0.25) is 17.7 Å². The van der Waals surface area contributed by atoms with Crippen LogP contribution in [-0.4, -0.2) is 381 Å². The van der Waals surface area contributed by atoms with Crippen molar-refractivity contribution in [3.63, 3.8) is 0 Å². The molecule has 3 amide bonds. The van der Waals surface area contributed by atoms with Crippen molar-refractivity contribution in [1.29, 1.82) is 0 Å². The molecule has 0 radical (unpaired) electrons. The first-order valence-corrected chi connectivity index (χ1v) is 43.2. The largest absolute Gasteiger partial charge is 0.394 e. The van der Waals surface area contributed by atoms with Crippen molar-refractivity contribution in [2.24, 2.45) is 0 Å². The summed E-state index contributed by atoms with van der Waals surface area (Å²) in [5.74, 6) is -2.14. The number of allylic oxidation sites excluding steroid dienone is 1. The van der Waals surface area contributed by atoms with Crippen LogP contribution in [0.1, 0.15) is 208 Å². The molecule has 14 unspecified atom stereocenters. The zero-order chi connectivity index (χ0) is 87.2. The lowest BCUT2D eigenvalue weighted by molar-refractivity contribution is -0.397. The van der Waals surface area contributed by atoms with E-state index in [1.54, 1.807) is 6.08 Å². The minimum absolute atomic E-state index is 0.156. The molecule has 22 N–H and O–H groups in total. The maximum Gasteiger partial charge on any atom is 0.220 e. The first-order valence-electron chi connectivity index (χ1n) is 43.2. The molecule has 37 atom stereocenters. The Morgan fingerprint density at radius 3 is 1.11 bits per heavy atom. The molecule has 694 valence electrons. The number of aliphatic hydroxyl groups excluding tert-OH is 19. The molecule has 0 aliphatic carbocycles. The van der Waals surface area contributed by atoms with Crippen molar-refractivity contribution in [3.8, 4) is 0 Å². The number of carbonyl (C=O) groups is 3. The standard InChI is InChI=1S/C80H143N3O36/c1-7-9-11-13-15-17-19-21-23-25-27-29-31-33-46(91)45(83-52(92)34-32-30-28-26-24-22-20-18-16-14-12-10-8-2)40-106-76-65(103)62(100)69(50(38-87)113-76)115-79-66(104)73(58(96)47(35-84)109-79)119-75-54(82-44(6)90)71(117-78-64(102)61(99)56(94)42(4)108-78)70(51(39-88)112-75)116-80-67(105)72(57(95)48(36-85)110-80)118-74-53(81-43(5)89)59(97)68(49(37-86)111-74)114-77-63(101)60(98)55(93)41(3)107-77/h31,33,41-42,45-51,53-80,84-88,91,93-105H,7-30,32,34-40H2,1-6H3,(H,81,89)(H,82,90)(H,83,92)/b33-31+/t41?,42?,45-,46+,47?,48?,49?,50?,51?,53?,54?,55+,56+,57-,58-,59+,60?,61?,62+,63-,64-,65?,66?,67?,68+,69+,70+,71+,72-,73-,74-,75-,76+,77+,78+,79-,80-/m0/s1. The van der Waals surface area contributed by atoms with E-state index in [-0.39, 0.29) is 12.3 Å². The van der Waals surface area contributed by atoms with Gasteiger partial charge < -0.3 is 179 Å². The summed E-state index contributed by atoms with van der Waals surface area (Å²) in [7, 11) is 0. The lowest BCUT2D eigenvalue weighted by atomic mass is 9.93. The summed E-state index contributed by atoms with van der Waals surface area (Å²) in [6.07, 6.45) is -33.3. The number of hydrogen-bond acceptors (Lipinski definition) is 36. The third kappa shape index (κ3) is 29.7. The van der Waals surface area contributed by atoms with Gasteiger partial charge in [0.15, 0.2) is 44.0 Å². The average Bonchev–Trinajstić information content (AvgIpc) is 0.762. The quantitative estimate of drug-likeness (QED) is 0.0209. The van der Waals surface area contributed by atoms with Gasteiger partial charge in [0, 0.05) is 20.3 Å². The molecule has 39 heteroatoms. The highest BCUT2D eigenvalue weighted by atomic mass is 16.8. The number of ether oxygens (including phenoxy) is 14. The first-order chi connectivity index (χ1) is 57.0. The Kier molecular flexibility index (Phi) is 45.7. The summed E-state index contributed by atoms with van der Waals surface area (Å²) in [4.78, 5) is 39.9. The number of nitrogens with one attached hydrogen (secondary N) is 3. The third-order valence-electron chi connectivity index (χ3n) is 23.3. The topological polar surface area (TPSA) is 601 Å². The smallest absolute Gasteiger partial charge is 0.220 e. The summed E-state index contributed by atoms with van der Waals surface area (Å²) in [5.41, 5.74) is 0. The third-order valence-corrected chi connectivity index (χ3v) is 23.3. The van der Waals surface area contributed by atoms with E-state index < -0.39 is 278 Å². The van der Waals surface area contributed by atoms with Crippen LogP contribution < -0.4 is 16.0 Å². The predicted molar refractivity (Wildman–Crippen MR) is 414 cm³/mol. The normalized spacial score (nSPS) is 39.6. The number of amides is 3. The number of hydrogen-bond donors (Lipinski definition) is 22. The highest BCUT2D eigenvalue weighted by Crippen LogP contribution is 2.40. The summed E-state index contributed by atoms with van der Waals surface area (Å²) in [6.45, 7) is 3.26. The number of rotatable bonds is 51. The van der Waals surface area contributed by atoms with Crippen LogP contribution in [0.15, 0.2) is 12.2 Å². The summed E-state index contributed by atoms with van der Waals surface area (Å²) in [6, 6.07) is -4.81. The van der Waals surface area contributed by atoms with E-state index in [0.717, 1.165) is 65.2 Å². The number of aliphatic hydroxyl groups is 19. The molecule has 0 bridgehead atoms. The lowest BCUT2D eigenvalue weighted by Crippen LogP contribution is -2.71. The van der Waals surface area contributed by atoms with Crippen molar-refractivity contribution in [2.45, 2.75) is 435 Å². The minimum atomic E-state index is -2.33. The zero-order valence-corrected chi connectivity index (χ0v) is 69.6. The number of carbonyl (C=O) groups excluding carboxylic acids is 3. The van der Waals surface area contributed by atoms with Crippen LogP contribution in [0.2, 0.25) is 0 Å². The van der Waals surface area contributed by atoms with Crippen LogP contribution in [-0.2, 0) is 80.7 Å². The second-order valence-electron chi connectivity index (χ2n) is 32.7. The maximum atomic E-state index is 13.6. The van der Waals surface area contributed by atoms with Crippen molar-refractivity contribution in [3.05, 3.63) is 12.2 Å². The Hall–Kier alpha value is -3.17. The summed E-state index contributed by atoms with van der Waals surface area (Å²) < 4.78 is 84.5. The molecule has 7 rings (SSSR count). The van der Waals surface area contributed by atoms with Gasteiger partial charge in [-0.25, -0.2) is 0 Å². The van der Waals surface area contributed by atoms with Crippen LogP contribution >= 0.6 is 0 Å². The zero-order valence-electron chi connectivity index (χ0n) is 69.6. The van der Waals surface area contributed by atoms with Gasteiger partial charge in [0.25, 0.3) is 0 Å². The highest BCUT2D eigenvalue weighted by molar-refractivity contribution is 5.76. The van der Waals surface area contributed by atoms with Crippen molar-refractivity contribution in [2.75, 3.05) is 39.6 Å². The maximum absolute atomic E-state index is 13.6. The van der Waals surface area contributed by atoms with E-state index in [9.17, 15) is 111 Å². The van der Waals surface area contributed by atoms with Gasteiger partial charge in [-0.1, -0.05) is 167 Å². The lowest BCUT2D eigenvalue weighted by Gasteiger charge is -2.52. The molecule has 39 nitrogen and oxygen atoms in total. The Balaban J connectivity index is 1.07. The summed E-state index contributed by atoms with van der Waals surface area (Å²) >= 11 is 0. The molecular formula is C80H143N3O36. The van der Waals surface area contributed by atoms with Gasteiger partial charge >= 0.3 is 0 Å². The van der Waals surface area contributed by atoms with E-state index >= 15 is 0 Å². The number of unbranched alkanes of at least 4 members (excludes halogenated alkanes) is 23. The second kappa shape index (κ2) is 52.8. The van der Waals surface area contributed by atoms with Gasteiger partial charge in [-0.15, -0.1) is 0 Å². The van der Waals surface area contributed by atoms with Crippen LogP contribution in [0.4, 0.5) is 0 Å². The van der Waals surface area contributed by atoms with Crippen LogP contribution in [0.25, 0.3) is 0 Å². The van der Waals surface area contributed by atoms with E-state index in [1.807, 2.05) is 6.08 Å². The highest BCUT2D eigenvalue weighted by Gasteiger charge is 2.60. The van der Waals surface area contributed by atoms with Gasteiger partial charge in [-0.2, -0.15) is 0 Å². The monoisotopic (exact) mass is 1720 g/mol. The SMILES string of the molecule is CCCCCCCCCCCCC/C=C/[C@@H](O)[C@H](CO[C@@H]1OC(CO)[C@@H](O[C@@H]2OC(CO)[C@H](O)[C@H](O[C@@H]3OC(CO)[C@@H](O[C@@H]4OC(CO)[C@H](O)[C@H](O[C@@H]5OC(CO)[C@@H](O[C@H]6OC(C)[C@@H](O)C(O)[C@@H]6O)[C@H](O)C5NC(C)=O)C4O)[C@H](O[C@H]4OC(C)[C@@H](O)C(O)[C@@H]4O)C3NC(C)=O)C2O)[C@H](O)C1O)NC(=O)CCCCCCCCCCCCCCC. The molecule has 119 heavy (non-hydrogen) atoms. The molecule has 0 aromatic heterocycles. The van der Waals surface area contributed by atoms with E-state index in [4.69, 9.17) is 66.3 Å². The minimum Gasteiger partial charge on any atom is -0.394 e. The Bertz CT molecular complexity index is 2860. The molecule has 7 saturated heterocycles. The van der Waals surface area contributed by atoms with Crippen LogP contribution in [0, 0.1) is 0 Å². The van der Waals surface area contributed by atoms with E-state index in [2.05, 4.69) is 29.8 Å². The summed E-state index contributed by atoms with van der Waals surface area (Å²) in [5, 5.41) is 222. The Morgan fingerprint density at radius 2 is 0.681 bits per heavy atom. The Labute approximate surface area is 696 Å². The Morgan fingerprint density at radius 1 is 0.345 bits per heavy atom. The molecule has 0 aromatic carbocycles. The molecular weight excluding hydrogens is 1580 g/mol. The molecule has 7 heterocycles. The van der Waals surface area contributed by atoms with E-state index in [0.29, 0.717) is 12.8 Å². The average molecular weight is 1720 g/mol. The van der Waals surface area contributed by atoms with Crippen molar-refractivity contribution in [1.82, 2.24) is 16.0 Å². The van der Waals surface area contributed by atoms with Gasteiger partial charge in [-0.3, -0.25) is 14.4 Å². The van der Waals surface area contributed by atoms with Gasteiger partial charge in [0.05, 0.1) is 64.0 Å². The van der Waals surface area contributed by atoms with Crippen molar-refractivity contribution >= 4 is 17.7 Å². The molecule has 0 spiro atoms. The molecule has 0 saturated carbocycles. The fourth-order valence-electron chi connectivity index (χ4n) is 16.1. The fraction of sp³-hybridized carbons (Fsp3) is 0.938. The van der Waals surface area contributed by atoms with Gasteiger partial charge in [-0.05, 0) is 33.1 Å². The first kappa shape index (κ1) is 103. The molecule has 7 aliphatic heterocycles. The fourth-order valence-corrected chi connectivity index (χ4v) is 16.1. The van der Waals surface area contributed by atoms with Crippen LogP contribution in [0.3, 0.4) is 0 Å². The van der Waals surface area contributed by atoms with E-state index in [1.165, 1.54) is 110 Å². The molecule has 7 fully saturated rings. The van der Waals surface area contributed by atoms with Crippen molar-refractivity contribution < 1.29 is 178 Å². The van der Waals surface area contributed by atoms with Gasteiger partial charge in [0.1, 0.15) is 159 Å². The molecule has 7 aliphatic rings. The van der Waals surface area contributed by atoms with Crippen LogP contribution in [0.5, 0.6) is 0 Å². The second-order valence-corrected chi connectivity index (χ2v) is 32.7. The molecule has 0 aromatic rings. The predicted octanol–water partition coefficient (Wildman–Crippen LogP) is -3.32.